The molecular formula is C55H70MgN4O6-2. The summed E-state index contributed by atoms with van der Waals surface area (Å²) in [5.41, 5.74) is 8.58. The number of methoxy groups -OCH3 is 1. The maximum absolute atomic E-state index is 14.4. The second-order valence-electron chi connectivity index (χ2n) is 19.3. The number of aldehydes is 1. The van der Waals surface area contributed by atoms with Crippen molar-refractivity contribution < 1.29 is 28.7 Å². The number of carbonyl (C=O) groups is 4. The van der Waals surface area contributed by atoms with Gasteiger partial charge >= 0.3 is 35.0 Å². The molecule has 11 heteroatoms. The number of rotatable bonds is 21. The smallest absolute Gasteiger partial charge is 0.664 e. The van der Waals surface area contributed by atoms with Gasteiger partial charge in [0.2, 0.25) is 0 Å². The van der Waals surface area contributed by atoms with Crippen LogP contribution in [0.2, 0.25) is 0 Å². The normalized spacial score (nSPS) is 21.4. The largest absolute Gasteiger partial charge is 2.00 e. The monoisotopic (exact) mass is 907 g/mol. The summed E-state index contributed by atoms with van der Waals surface area (Å²) in [7, 11) is 1.27. The van der Waals surface area contributed by atoms with E-state index in [1.54, 1.807) is 12.2 Å². The summed E-state index contributed by atoms with van der Waals surface area (Å²) >= 11 is 0. The van der Waals surface area contributed by atoms with Crippen molar-refractivity contribution in [3.63, 3.8) is 0 Å². The number of fused-ring (bicyclic) bond motifs is 7. The molecule has 1 aliphatic carbocycles. The first kappa shape index (κ1) is 52.4. The summed E-state index contributed by atoms with van der Waals surface area (Å²) in [5.74, 6) is -1.14. The Morgan fingerprint density at radius 3 is 2.14 bits per heavy atom. The molecule has 3 aliphatic rings. The van der Waals surface area contributed by atoms with Gasteiger partial charge in [0.1, 0.15) is 18.8 Å². The number of aromatic nitrogens is 3. The van der Waals surface area contributed by atoms with Crippen molar-refractivity contribution in [1.82, 2.24) is 15.0 Å². The molecule has 0 spiro atoms. The van der Waals surface area contributed by atoms with Crippen LogP contribution in [0.1, 0.15) is 185 Å². The molecule has 6 rings (SSSR count). The predicted molar refractivity (Wildman–Crippen MR) is 265 cm³/mol. The Hall–Kier alpha value is -4.61. The summed E-state index contributed by atoms with van der Waals surface area (Å²) in [5, 5.41) is 6.58. The molecule has 0 aromatic carbocycles. The number of esters is 2. The van der Waals surface area contributed by atoms with E-state index in [9.17, 15) is 19.2 Å². The van der Waals surface area contributed by atoms with E-state index in [1.807, 2.05) is 39.0 Å². The molecule has 0 amide bonds. The molecule has 8 bridgehead atoms. The molecule has 1 fully saturated rings. The van der Waals surface area contributed by atoms with E-state index < -0.39 is 23.6 Å². The van der Waals surface area contributed by atoms with E-state index >= 15 is 0 Å². The van der Waals surface area contributed by atoms with Gasteiger partial charge in [-0.05, 0) is 87.7 Å². The average molecular weight is 907 g/mol. The Morgan fingerprint density at radius 1 is 0.848 bits per heavy atom. The molecule has 0 N–H and O–H groups in total. The van der Waals surface area contributed by atoms with Crippen LogP contribution in [-0.2, 0) is 25.5 Å². The second kappa shape index (κ2) is 23.4. The zero-order chi connectivity index (χ0) is 47.1. The molecule has 3 aromatic rings. The van der Waals surface area contributed by atoms with Gasteiger partial charge in [0.25, 0.3) is 0 Å². The number of carbonyl (C=O) groups excluding carboxylic acids is 4. The molecule has 1 saturated heterocycles. The third kappa shape index (κ3) is 11.6. The predicted octanol–water partition coefficient (Wildman–Crippen LogP) is 9.87. The van der Waals surface area contributed by atoms with Crippen molar-refractivity contribution in [3.8, 4) is 0 Å². The number of hydrogen-bond donors (Lipinski definition) is 0. The molecule has 5 atom stereocenters. The van der Waals surface area contributed by atoms with E-state index in [2.05, 4.69) is 48.1 Å². The van der Waals surface area contributed by atoms with Gasteiger partial charge in [-0.15, -0.1) is 33.5 Å². The van der Waals surface area contributed by atoms with Crippen LogP contribution < -0.4 is 25.7 Å². The second-order valence-corrected chi connectivity index (χ2v) is 19.3. The molecule has 3 aromatic heterocycles. The first-order valence-electron chi connectivity index (χ1n) is 24.0. The Balaban J connectivity index is 0.00000817. The van der Waals surface area contributed by atoms with Crippen molar-refractivity contribution >= 4 is 76.9 Å². The van der Waals surface area contributed by atoms with Crippen molar-refractivity contribution in [2.75, 3.05) is 13.7 Å². The van der Waals surface area contributed by atoms with E-state index in [0.29, 0.717) is 91.5 Å². The number of allylic oxidation sites excluding steroid dienone is 3. The van der Waals surface area contributed by atoms with E-state index in [0.717, 1.165) is 42.1 Å². The number of Topliss-reactive ketones (excluding diaryl/α,β-unsaturated/α-hetero) is 1. The molecule has 350 valence electrons. The van der Waals surface area contributed by atoms with Crippen LogP contribution >= 0.6 is 0 Å². The fourth-order valence-corrected chi connectivity index (χ4v) is 10.1. The molecule has 66 heavy (non-hydrogen) atoms. The summed E-state index contributed by atoms with van der Waals surface area (Å²) in [6.45, 7) is 23.6. The number of ketones is 1. The van der Waals surface area contributed by atoms with E-state index in [1.165, 1.54) is 57.6 Å². The fraction of sp³-hybridized carbons (Fsp3) is 0.527. The molecule has 0 unspecified atom stereocenters. The van der Waals surface area contributed by atoms with E-state index in [-0.39, 0.29) is 48.0 Å². The summed E-state index contributed by atoms with van der Waals surface area (Å²) in [6.07, 6.45) is 22.2. The van der Waals surface area contributed by atoms with Crippen LogP contribution in [0.4, 0.5) is 0 Å². The van der Waals surface area contributed by atoms with Crippen molar-refractivity contribution in [2.24, 2.45) is 35.5 Å². The number of nitrogens with zero attached hydrogens (tertiary/aromatic N) is 4. The summed E-state index contributed by atoms with van der Waals surface area (Å²) in [6, 6.07) is 0. The first-order valence-corrected chi connectivity index (χ1v) is 24.0. The van der Waals surface area contributed by atoms with Crippen LogP contribution in [-0.4, -0.2) is 60.8 Å². The number of ether oxygens (including phenoxy) is 2. The minimum Gasteiger partial charge on any atom is -0.664 e. The maximum Gasteiger partial charge on any atom is 2.00 e. The minimum absolute atomic E-state index is 0. The van der Waals surface area contributed by atoms with Crippen LogP contribution in [0.25, 0.3) is 35.2 Å². The summed E-state index contributed by atoms with van der Waals surface area (Å²) < 4.78 is 11.0. The van der Waals surface area contributed by atoms with Gasteiger partial charge in [-0.2, -0.15) is 11.4 Å². The van der Waals surface area contributed by atoms with Crippen molar-refractivity contribution in [2.45, 2.75) is 139 Å². The summed E-state index contributed by atoms with van der Waals surface area (Å²) in [4.78, 5) is 69.1. The Labute approximate surface area is 408 Å². The Kier molecular flexibility index (Phi) is 18.6. The van der Waals surface area contributed by atoms with Gasteiger partial charge in [0, 0.05) is 17.5 Å². The fourth-order valence-electron chi connectivity index (χ4n) is 10.1. The number of hydrogen-bond acceptors (Lipinski definition) is 6. The molecule has 0 radical (unpaired) electrons. The van der Waals surface area contributed by atoms with Gasteiger partial charge in [-0.25, -0.2) is 0 Å². The average Bonchev–Trinajstić information content (AvgIpc) is 4.02. The van der Waals surface area contributed by atoms with Gasteiger partial charge in [0.15, 0.2) is 5.78 Å². The van der Waals surface area contributed by atoms with Gasteiger partial charge in [-0.1, -0.05) is 145 Å². The van der Waals surface area contributed by atoms with Crippen LogP contribution in [0.5, 0.6) is 0 Å². The van der Waals surface area contributed by atoms with Crippen molar-refractivity contribution in [1.29, 1.82) is 0 Å². The van der Waals surface area contributed by atoms with Crippen LogP contribution in [0, 0.1) is 49.4 Å². The topological polar surface area (TPSA) is 143 Å². The first-order chi connectivity index (χ1) is 31.1. The maximum atomic E-state index is 14.4. The Morgan fingerprint density at radius 2 is 1.50 bits per heavy atom. The van der Waals surface area contributed by atoms with Gasteiger partial charge in [-0.3, -0.25) is 19.2 Å². The third-order valence-electron chi connectivity index (χ3n) is 14.1. The molecule has 10 nitrogen and oxygen atoms in total. The zero-order valence-electron chi connectivity index (χ0n) is 41.3. The molecule has 2 aliphatic heterocycles. The Bertz CT molecular complexity index is 2510. The van der Waals surface area contributed by atoms with Crippen LogP contribution in [0.15, 0.2) is 29.6 Å². The van der Waals surface area contributed by atoms with Gasteiger partial charge in [0.05, 0.1) is 7.11 Å². The standard InChI is InChI=1S/C55H72N4O6.Mg/c1-12-38-35(8)42-27-46-39(13-2)41(30-60)47(57-46)28-43-36(9)40(52(58-43)50-51(55(63)64-11)54(62)49-37(10)44(59-53(49)50)29-45(38)56-42)23-24-48(61)65-26-25-34(7)22-16-21-33(6)20-15-19-32(5)18-14-17-31(3)4;/h13,25,27-33,36,40,51H,2,12,14-24,26H2,1,3-11H3,(H2-,57,58,59,60,62);/q-2;+2/p-2/b34-25-,42-27-,45-29-;/t32-,33-,36+,40+,51-;/m1./s1. The minimum atomic E-state index is -1.28. The molecule has 5 heterocycles. The van der Waals surface area contributed by atoms with E-state index in [4.69, 9.17) is 29.7 Å². The molecular weight excluding hydrogens is 837 g/mol. The van der Waals surface area contributed by atoms with Crippen LogP contribution in [0.3, 0.4) is 0 Å². The third-order valence-corrected chi connectivity index (χ3v) is 14.1. The molecule has 0 saturated carbocycles. The SMILES string of the molecule is C=Cc1c2[n-]c(c1C=O)/C=C1\[N-]/C(=C3\c4[n-]c(c(C)c4C(=O)[C@@H]3C(=O)OC)/C=c3\[n-]/c(c(C)c3CC)=C\2)[C@@H](CCC(=O)OC/C=C(/C)CCC[C@H](C)CCC[C@H](C)CCCC(C)C)[C@@H]1C.[Mg+2]. The van der Waals surface area contributed by atoms with Crippen molar-refractivity contribution in [3.05, 3.63) is 102 Å². The quantitative estimate of drug-likeness (QED) is 0.0336. The van der Waals surface area contributed by atoms with Gasteiger partial charge < -0.3 is 29.7 Å². The zero-order valence-corrected chi connectivity index (χ0v) is 42.7.